The molecular weight excluding hydrogens is 204 g/mol. The van der Waals surface area contributed by atoms with Crippen LogP contribution in [0.5, 0.6) is 5.75 Å². The van der Waals surface area contributed by atoms with Crippen LogP contribution in [-0.4, -0.2) is 18.2 Å². The largest absolute Gasteiger partial charge is 0.496 e. The van der Waals surface area contributed by atoms with Crippen LogP contribution in [0.3, 0.4) is 0 Å². The van der Waals surface area contributed by atoms with Gasteiger partial charge in [0.2, 0.25) is 0 Å². The maximum atomic E-state index is 11.4. The fourth-order valence-corrected chi connectivity index (χ4v) is 1.87. The number of rotatable bonds is 3. The van der Waals surface area contributed by atoms with Gasteiger partial charge in [-0.25, -0.2) is 0 Å². The highest BCUT2D eigenvalue weighted by atomic mass is 16.5. The van der Waals surface area contributed by atoms with Crippen molar-refractivity contribution >= 4 is 5.97 Å². The first kappa shape index (κ1) is 12.6. The Hall–Kier alpha value is -1.51. The summed E-state index contributed by atoms with van der Waals surface area (Å²) in [7, 11) is 1.56. The molecule has 0 bridgehead atoms. The number of benzene rings is 1. The molecule has 1 N–H and O–H groups in total. The summed E-state index contributed by atoms with van der Waals surface area (Å²) in [5, 5.41) is 9.33. The SMILES string of the molecule is COc1ccccc1C(C(=O)O)C(C)(C)C. The van der Waals surface area contributed by atoms with E-state index in [0.717, 1.165) is 5.56 Å². The van der Waals surface area contributed by atoms with Crippen molar-refractivity contribution in [2.75, 3.05) is 7.11 Å². The van der Waals surface area contributed by atoms with Crippen LogP contribution in [0, 0.1) is 5.41 Å². The average Bonchev–Trinajstić information content (AvgIpc) is 2.15. The van der Waals surface area contributed by atoms with Gasteiger partial charge in [0.05, 0.1) is 13.0 Å². The lowest BCUT2D eigenvalue weighted by Gasteiger charge is -2.28. The van der Waals surface area contributed by atoms with Gasteiger partial charge >= 0.3 is 5.97 Å². The zero-order chi connectivity index (χ0) is 12.3. The summed E-state index contributed by atoms with van der Waals surface area (Å²) >= 11 is 0. The highest BCUT2D eigenvalue weighted by Gasteiger charge is 2.34. The number of ether oxygens (including phenoxy) is 1. The number of hydrogen-bond donors (Lipinski definition) is 1. The van der Waals surface area contributed by atoms with Gasteiger partial charge in [-0.05, 0) is 11.5 Å². The molecule has 0 aliphatic heterocycles. The van der Waals surface area contributed by atoms with Crippen LogP contribution in [-0.2, 0) is 4.79 Å². The Kier molecular flexibility index (Phi) is 3.58. The van der Waals surface area contributed by atoms with Crippen molar-refractivity contribution in [3.05, 3.63) is 29.8 Å². The Morgan fingerprint density at radius 2 is 1.88 bits per heavy atom. The van der Waals surface area contributed by atoms with E-state index in [-0.39, 0.29) is 5.41 Å². The topological polar surface area (TPSA) is 46.5 Å². The summed E-state index contributed by atoms with van der Waals surface area (Å²) < 4.78 is 5.21. The number of hydrogen-bond acceptors (Lipinski definition) is 2. The minimum absolute atomic E-state index is 0.347. The zero-order valence-corrected chi connectivity index (χ0v) is 10.2. The van der Waals surface area contributed by atoms with E-state index in [4.69, 9.17) is 4.74 Å². The van der Waals surface area contributed by atoms with Gasteiger partial charge in [-0.15, -0.1) is 0 Å². The number of para-hydroxylation sites is 1. The maximum absolute atomic E-state index is 11.4. The highest BCUT2D eigenvalue weighted by molar-refractivity contribution is 5.78. The first-order valence-electron chi connectivity index (χ1n) is 5.23. The summed E-state index contributed by atoms with van der Waals surface area (Å²) in [6.07, 6.45) is 0. The molecule has 0 heterocycles. The Labute approximate surface area is 96.1 Å². The third-order valence-electron chi connectivity index (χ3n) is 2.56. The van der Waals surface area contributed by atoms with E-state index >= 15 is 0 Å². The highest BCUT2D eigenvalue weighted by Crippen LogP contribution is 2.39. The monoisotopic (exact) mass is 222 g/mol. The van der Waals surface area contributed by atoms with Crippen LogP contribution < -0.4 is 4.74 Å². The van der Waals surface area contributed by atoms with E-state index in [1.807, 2.05) is 39.0 Å². The van der Waals surface area contributed by atoms with E-state index in [1.165, 1.54) is 0 Å². The predicted molar refractivity (Wildman–Crippen MR) is 62.8 cm³/mol. The average molecular weight is 222 g/mol. The number of carboxylic acids is 1. The van der Waals surface area contributed by atoms with Gasteiger partial charge in [-0.1, -0.05) is 39.0 Å². The maximum Gasteiger partial charge on any atom is 0.311 e. The smallest absolute Gasteiger partial charge is 0.311 e. The second kappa shape index (κ2) is 4.56. The van der Waals surface area contributed by atoms with Gasteiger partial charge in [-0.3, -0.25) is 4.79 Å². The minimum Gasteiger partial charge on any atom is -0.496 e. The number of carbonyl (C=O) groups is 1. The molecule has 16 heavy (non-hydrogen) atoms. The van der Waals surface area contributed by atoms with E-state index in [1.54, 1.807) is 13.2 Å². The molecule has 0 saturated carbocycles. The van der Waals surface area contributed by atoms with Gasteiger partial charge in [0.15, 0.2) is 0 Å². The Bertz CT molecular complexity index is 377. The lowest BCUT2D eigenvalue weighted by atomic mass is 9.76. The van der Waals surface area contributed by atoms with Crippen molar-refractivity contribution in [1.29, 1.82) is 0 Å². The first-order valence-corrected chi connectivity index (χ1v) is 5.23. The van der Waals surface area contributed by atoms with E-state index < -0.39 is 11.9 Å². The van der Waals surface area contributed by atoms with Crippen molar-refractivity contribution in [3.8, 4) is 5.75 Å². The van der Waals surface area contributed by atoms with Gasteiger partial charge in [0.25, 0.3) is 0 Å². The molecule has 0 saturated heterocycles. The van der Waals surface area contributed by atoms with Gasteiger partial charge in [0.1, 0.15) is 5.75 Å². The summed E-state index contributed by atoms with van der Waals surface area (Å²) in [5.41, 5.74) is 0.380. The molecule has 0 aliphatic carbocycles. The van der Waals surface area contributed by atoms with Crippen LogP contribution in [0.25, 0.3) is 0 Å². The Morgan fingerprint density at radius 1 is 1.31 bits per heavy atom. The van der Waals surface area contributed by atoms with Crippen LogP contribution in [0.4, 0.5) is 0 Å². The van der Waals surface area contributed by atoms with Crippen LogP contribution >= 0.6 is 0 Å². The predicted octanol–water partition coefficient (Wildman–Crippen LogP) is 2.91. The second-order valence-electron chi connectivity index (χ2n) is 4.88. The fourth-order valence-electron chi connectivity index (χ4n) is 1.87. The molecule has 3 heteroatoms. The molecule has 1 aromatic rings. The molecular formula is C13H18O3. The van der Waals surface area contributed by atoms with Gasteiger partial charge in [-0.2, -0.15) is 0 Å². The zero-order valence-electron chi connectivity index (χ0n) is 10.2. The lowest BCUT2D eigenvalue weighted by molar-refractivity contribution is -0.141. The minimum atomic E-state index is -0.822. The van der Waals surface area contributed by atoms with Gasteiger partial charge < -0.3 is 9.84 Å². The summed E-state index contributed by atoms with van der Waals surface area (Å²) in [6, 6.07) is 7.27. The normalized spacial score (nSPS) is 13.2. The third kappa shape index (κ3) is 2.54. The van der Waals surface area contributed by atoms with Crippen molar-refractivity contribution in [3.63, 3.8) is 0 Å². The number of aliphatic carboxylic acids is 1. The van der Waals surface area contributed by atoms with Crippen molar-refractivity contribution in [2.24, 2.45) is 5.41 Å². The van der Waals surface area contributed by atoms with Crippen molar-refractivity contribution in [1.82, 2.24) is 0 Å². The summed E-state index contributed by atoms with van der Waals surface area (Å²) in [5.74, 6) is -0.759. The van der Waals surface area contributed by atoms with E-state index in [9.17, 15) is 9.90 Å². The molecule has 0 spiro atoms. The first-order chi connectivity index (χ1) is 7.38. The second-order valence-corrected chi connectivity index (χ2v) is 4.88. The molecule has 88 valence electrons. The summed E-state index contributed by atoms with van der Waals surface area (Å²) in [6.45, 7) is 5.74. The van der Waals surface area contributed by atoms with Crippen LogP contribution in [0.2, 0.25) is 0 Å². The molecule has 0 amide bonds. The molecule has 0 fully saturated rings. The molecule has 1 rings (SSSR count). The number of methoxy groups -OCH3 is 1. The molecule has 1 unspecified atom stereocenters. The molecule has 1 aromatic carbocycles. The van der Waals surface area contributed by atoms with Gasteiger partial charge in [0, 0.05) is 5.56 Å². The molecule has 3 nitrogen and oxygen atoms in total. The Morgan fingerprint density at radius 3 is 2.31 bits per heavy atom. The fraction of sp³-hybridized carbons (Fsp3) is 0.462. The molecule has 1 atom stereocenters. The van der Waals surface area contributed by atoms with Crippen LogP contribution in [0.1, 0.15) is 32.3 Å². The Balaban J connectivity index is 3.27. The molecule has 0 aliphatic rings. The van der Waals surface area contributed by atoms with Crippen LogP contribution in [0.15, 0.2) is 24.3 Å². The van der Waals surface area contributed by atoms with Crippen molar-refractivity contribution < 1.29 is 14.6 Å². The third-order valence-corrected chi connectivity index (χ3v) is 2.56. The van der Waals surface area contributed by atoms with E-state index in [0.29, 0.717) is 5.75 Å². The molecule has 0 radical (unpaired) electrons. The molecule has 0 aromatic heterocycles. The summed E-state index contributed by atoms with van der Waals surface area (Å²) in [4.78, 5) is 11.4. The lowest BCUT2D eigenvalue weighted by Crippen LogP contribution is -2.26. The van der Waals surface area contributed by atoms with Crippen molar-refractivity contribution in [2.45, 2.75) is 26.7 Å². The quantitative estimate of drug-likeness (QED) is 0.855. The standard InChI is InChI=1S/C13H18O3/c1-13(2,3)11(12(14)15)9-7-5-6-8-10(9)16-4/h5-8,11H,1-4H3,(H,14,15). The van der Waals surface area contributed by atoms with E-state index in [2.05, 4.69) is 0 Å². The number of carboxylic acid groups (broad SMARTS) is 1.